The standard InChI is InChI=1S/C12H13BrClN3/c1-17-11(13)10(16-12(17)15)7-6-8-4-2-3-5-9(8)14/h2-5H,6-7H2,1H3,(H2,15,16). The number of aromatic nitrogens is 2. The lowest BCUT2D eigenvalue weighted by molar-refractivity contribution is 0.884. The third-order valence-electron chi connectivity index (χ3n) is 2.71. The van der Waals surface area contributed by atoms with E-state index in [9.17, 15) is 0 Å². The molecule has 90 valence electrons. The van der Waals surface area contributed by atoms with Gasteiger partial charge < -0.3 is 10.3 Å². The number of benzene rings is 1. The first-order chi connectivity index (χ1) is 8.09. The van der Waals surface area contributed by atoms with E-state index in [1.54, 1.807) is 0 Å². The number of nitrogen functional groups attached to an aromatic ring is 1. The monoisotopic (exact) mass is 313 g/mol. The van der Waals surface area contributed by atoms with Crippen LogP contribution in [0.15, 0.2) is 28.9 Å². The molecular weight excluding hydrogens is 302 g/mol. The fourth-order valence-corrected chi connectivity index (χ4v) is 2.37. The number of rotatable bonds is 3. The quantitative estimate of drug-likeness (QED) is 0.945. The van der Waals surface area contributed by atoms with Crippen molar-refractivity contribution < 1.29 is 0 Å². The van der Waals surface area contributed by atoms with Crippen LogP contribution in [0.4, 0.5) is 5.95 Å². The predicted molar refractivity (Wildman–Crippen MR) is 74.2 cm³/mol. The Morgan fingerprint density at radius 3 is 2.65 bits per heavy atom. The summed E-state index contributed by atoms with van der Waals surface area (Å²) in [6, 6.07) is 7.85. The van der Waals surface area contributed by atoms with Gasteiger partial charge in [-0.3, -0.25) is 0 Å². The van der Waals surface area contributed by atoms with E-state index < -0.39 is 0 Å². The zero-order valence-electron chi connectivity index (χ0n) is 9.45. The van der Waals surface area contributed by atoms with Gasteiger partial charge in [-0.1, -0.05) is 29.8 Å². The summed E-state index contributed by atoms with van der Waals surface area (Å²) in [5.41, 5.74) is 7.83. The van der Waals surface area contributed by atoms with Crippen molar-refractivity contribution in [3.63, 3.8) is 0 Å². The summed E-state index contributed by atoms with van der Waals surface area (Å²) in [7, 11) is 1.88. The van der Waals surface area contributed by atoms with Gasteiger partial charge in [0, 0.05) is 12.1 Å². The van der Waals surface area contributed by atoms with E-state index in [0.29, 0.717) is 5.95 Å². The molecule has 0 fully saturated rings. The highest BCUT2D eigenvalue weighted by Crippen LogP contribution is 2.22. The Hall–Kier alpha value is -1.000. The molecule has 17 heavy (non-hydrogen) atoms. The summed E-state index contributed by atoms with van der Waals surface area (Å²) >= 11 is 9.59. The molecule has 0 aliphatic carbocycles. The van der Waals surface area contributed by atoms with Gasteiger partial charge in [-0.2, -0.15) is 0 Å². The highest BCUT2D eigenvalue weighted by atomic mass is 79.9. The molecule has 5 heteroatoms. The SMILES string of the molecule is Cn1c(N)nc(CCc2ccccc2Cl)c1Br. The second-order valence-electron chi connectivity index (χ2n) is 3.86. The van der Waals surface area contributed by atoms with E-state index in [1.165, 1.54) is 0 Å². The normalized spacial score (nSPS) is 10.8. The Bertz CT molecular complexity index is 537. The number of imidazole rings is 1. The zero-order valence-corrected chi connectivity index (χ0v) is 11.8. The number of nitrogens with zero attached hydrogens (tertiary/aromatic N) is 2. The molecule has 0 aliphatic rings. The van der Waals surface area contributed by atoms with E-state index in [-0.39, 0.29) is 0 Å². The van der Waals surface area contributed by atoms with Crippen molar-refractivity contribution in [2.75, 3.05) is 5.73 Å². The van der Waals surface area contributed by atoms with Crippen LogP contribution in [-0.2, 0) is 19.9 Å². The molecule has 0 spiro atoms. The molecule has 3 nitrogen and oxygen atoms in total. The van der Waals surface area contributed by atoms with Crippen LogP contribution in [0, 0.1) is 0 Å². The molecule has 1 heterocycles. The molecule has 0 saturated carbocycles. The molecule has 0 aliphatic heterocycles. The highest BCUT2D eigenvalue weighted by Gasteiger charge is 2.10. The molecule has 0 bridgehead atoms. The maximum atomic E-state index is 6.10. The van der Waals surface area contributed by atoms with Crippen LogP contribution in [0.1, 0.15) is 11.3 Å². The van der Waals surface area contributed by atoms with Gasteiger partial charge in [0.05, 0.1) is 5.69 Å². The van der Waals surface area contributed by atoms with Gasteiger partial charge in [-0.05, 0) is 40.4 Å². The van der Waals surface area contributed by atoms with Crippen molar-refractivity contribution in [2.45, 2.75) is 12.8 Å². The Kier molecular flexibility index (Phi) is 3.74. The smallest absolute Gasteiger partial charge is 0.201 e. The van der Waals surface area contributed by atoms with Crippen LogP contribution in [0.25, 0.3) is 0 Å². The summed E-state index contributed by atoms with van der Waals surface area (Å²) < 4.78 is 2.75. The Morgan fingerprint density at radius 2 is 2.06 bits per heavy atom. The Balaban J connectivity index is 2.13. The van der Waals surface area contributed by atoms with E-state index in [4.69, 9.17) is 17.3 Å². The second kappa shape index (κ2) is 5.10. The Labute approximate surface area is 114 Å². The first kappa shape index (κ1) is 12.5. The number of nitrogens with two attached hydrogens (primary N) is 1. The molecule has 1 aromatic carbocycles. The molecular formula is C12H13BrClN3. The van der Waals surface area contributed by atoms with Crippen LogP contribution in [-0.4, -0.2) is 9.55 Å². The van der Waals surface area contributed by atoms with Crippen molar-refractivity contribution in [3.8, 4) is 0 Å². The number of anilines is 1. The number of aryl methyl sites for hydroxylation is 2. The summed E-state index contributed by atoms with van der Waals surface area (Å²) in [5, 5.41) is 0.799. The van der Waals surface area contributed by atoms with E-state index in [2.05, 4.69) is 20.9 Å². The van der Waals surface area contributed by atoms with Crippen LogP contribution < -0.4 is 5.73 Å². The predicted octanol–water partition coefficient (Wildman–Crippen LogP) is 3.20. The van der Waals surface area contributed by atoms with Gasteiger partial charge in [0.15, 0.2) is 0 Å². The van der Waals surface area contributed by atoms with Crippen LogP contribution in [0.3, 0.4) is 0 Å². The summed E-state index contributed by atoms with van der Waals surface area (Å²) in [6.45, 7) is 0. The Morgan fingerprint density at radius 1 is 1.35 bits per heavy atom. The maximum Gasteiger partial charge on any atom is 0.201 e. The topological polar surface area (TPSA) is 43.8 Å². The average molecular weight is 315 g/mol. The molecule has 0 unspecified atom stereocenters. The van der Waals surface area contributed by atoms with Gasteiger partial charge in [0.25, 0.3) is 0 Å². The van der Waals surface area contributed by atoms with Crippen molar-refractivity contribution in [3.05, 3.63) is 45.1 Å². The van der Waals surface area contributed by atoms with E-state index in [0.717, 1.165) is 33.7 Å². The van der Waals surface area contributed by atoms with Gasteiger partial charge in [-0.25, -0.2) is 4.98 Å². The number of hydrogen-bond acceptors (Lipinski definition) is 2. The van der Waals surface area contributed by atoms with Crippen molar-refractivity contribution >= 4 is 33.5 Å². The zero-order chi connectivity index (χ0) is 12.4. The minimum Gasteiger partial charge on any atom is -0.369 e. The van der Waals surface area contributed by atoms with Gasteiger partial charge >= 0.3 is 0 Å². The molecule has 0 atom stereocenters. The second-order valence-corrected chi connectivity index (χ2v) is 5.02. The van der Waals surface area contributed by atoms with E-state index in [1.807, 2.05) is 35.9 Å². The number of halogens is 2. The van der Waals surface area contributed by atoms with Crippen molar-refractivity contribution in [1.82, 2.24) is 9.55 Å². The third-order valence-corrected chi connectivity index (χ3v) is 4.07. The number of hydrogen-bond donors (Lipinski definition) is 1. The van der Waals surface area contributed by atoms with Crippen LogP contribution in [0.5, 0.6) is 0 Å². The average Bonchev–Trinajstić information content (AvgIpc) is 2.56. The summed E-state index contributed by atoms with van der Waals surface area (Å²) in [4.78, 5) is 4.31. The lowest BCUT2D eigenvalue weighted by Crippen LogP contribution is -1.96. The fraction of sp³-hybridized carbons (Fsp3) is 0.250. The molecule has 2 rings (SSSR count). The molecule has 2 N–H and O–H groups in total. The third kappa shape index (κ3) is 2.64. The first-order valence-corrected chi connectivity index (χ1v) is 6.46. The molecule has 1 aromatic heterocycles. The molecule has 0 saturated heterocycles. The van der Waals surface area contributed by atoms with E-state index >= 15 is 0 Å². The fourth-order valence-electron chi connectivity index (χ4n) is 1.67. The lowest BCUT2D eigenvalue weighted by Gasteiger charge is -2.02. The molecule has 0 radical (unpaired) electrons. The lowest BCUT2D eigenvalue weighted by atomic mass is 10.1. The van der Waals surface area contributed by atoms with Gasteiger partial charge in [-0.15, -0.1) is 0 Å². The minimum absolute atomic E-state index is 0.519. The summed E-state index contributed by atoms with van der Waals surface area (Å²) in [5.74, 6) is 0.519. The van der Waals surface area contributed by atoms with Crippen LogP contribution >= 0.6 is 27.5 Å². The maximum absolute atomic E-state index is 6.10. The first-order valence-electron chi connectivity index (χ1n) is 5.29. The van der Waals surface area contributed by atoms with Gasteiger partial charge in [0.1, 0.15) is 4.60 Å². The molecule has 0 amide bonds. The molecule has 2 aromatic rings. The van der Waals surface area contributed by atoms with Gasteiger partial charge in [0.2, 0.25) is 5.95 Å². The summed E-state index contributed by atoms with van der Waals surface area (Å²) in [6.07, 6.45) is 1.67. The minimum atomic E-state index is 0.519. The highest BCUT2D eigenvalue weighted by molar-refractivity contribution is 9.10. The van der Waals surface area contributed by atoms with Crippen molar-refractivity contribution in [2.24, 2.45) is 7.05 Å². The largest absolute Gasteiger partial charge is 0.369 e. The van der Waals surface area contributed by atoms with Crippen LogP contribution in [0.2, 0.25) is 5.02 Å². The van der Waals surface area contributed by atoms with Crippen molar-refractivity contribution in [1.29, 1.82) is 0 Å².